The van der Waals surface area contributed by atoms with E-state index in [1.165, 1.54) is 116 Å². The first-order valence-electron chi connectivity index (χ1n) is 33.2. The Morgan fingerprint density at radius 2 is 0.512 bits per heavy atom. The van der Waals surface area contributed by atoms with Gasteiger partial charge < -0.3 is 14.2 Å². The van der Waals surface area contributed by atoms with Crippen LogP contribution in [0.2, 0.25) is 0 Å². The van der Waals surface area contributed by atoms with E-state index in [-0.39, 0.29) is 31.1 Å². The average Bonchev–Trinajstić information content (AvgIpc) is 3.46. The SMILES string of the molecule is CC/C=C\C/C=C\C/C=C\C/C=C\C/C=C\C/C=C\C/C=C\C/C=C\C/C=C\C/C=C\CCCCC(=O)OCC(COC(=O)CCCCCCC/C=C\CCC)OC(=O)CCCCCCCCCCCCCCCCCCCCC. The minimum absolute atomic E-state index is 0.0969. The number of hydrogen-bond donors (Lipinski definition) is 0. The van der Waals surface area contributed by atoms with Gasteiger partial charge in [-0.1, -0.05) is 296 Å². The number of ether oxygens (including phenoxy) is 3. The molecule has 6 heteroatoms. The van der Waals surface area contributed by atoms with Crippen LogP contribution in [-0.2, 0) is 28.6 Å². The zero-order valence-electron chi connectivity index (χ0n) is 52.0. The number of rotatable bonds is 59. The average molecular weight is 1110 g/mol. The number of unbranched alkanes of at least 4 members (excludes halogenated alkanes) is 26. The van der Waals surface area contributed by atoms with Crippen molar-refractivity contribution in [3.63, 3.8) is 0 Å². The molecule has 0 fully saturated rings. The molecule has 0 spiro atoms. The quantitative estimate of drug-likeness (QED) is 0.0261. The molecular weight excluding hydrogens is 985 g/mol. The highest BCUT2D eigenvalue weighted by Gasteiger charge is 2.19. The fourth-order valence-electron chi connectivity index (χ4n) is 8.94. The maximum Gasteiger partial charge on any atom is 0.306 e. The summed E-state index contributed by atoms with van der Waals surface area (Å²) in [5.41, 5.74) is 0. The molecule has 0 aliphatic heterocycles. The van der Waals surface area contributed by atoms with E-state index in [1.807, 2.05) is 0 Å². The smallest absolute Gasteiger partial charge is 0.306 e. The zero-order valence-corrected chi connectivity index (χ0v) is 52.0. The van der Waals surface area contributed by atoms with Crippen molar-refractivity contribution in [1.82, 2.24) is 0 Å². The summed E-state index contributed by atoms with van der Waals surface area (Å²) in [6, 6.07) is 0. The largest absolute Gasteiger partial charge is 0.462 e. The van der Waals surface area contributed by atoms with Crippen molar-refractivity contribution in [2.45, 2.75) is 303 Å². The standard InChI is InChI=1S/C74H122O6/c1-4-7-10-13-16-19-22-24-26-28-30-31-32-33-34-35-36-37-38-39-40-41-42-43-45-46-48-50-52-55-58-61-64-67-73(76)79-70-71(69-78-72(75)66-63-60-57-54-21-18-15-12-9-6-3)80-74(77)68-65-62-59-56-53-51-49-47-44-29-27-25-23-20-17-14-11-8-5-2/h7,10,12,15-16,19,24,26,30-31,33-34,36-37,39-40,42-43,46,48,52,55,71H,4-6,8-9,11,13-14,17-18,20-23,25,27-29,32,35,38,41,44-45,47,49-51,53-54,56-70H2,1-3H3/b10-7-,15-12-,19-16-,26-24-,31-30-,34-33-,37-36-,40-39-,43-42-,48-46-,55-52-. The minimum atomic E-state index is -0.801. The number of carbonyl (C=O) groups excluding carboxylic acids is 3. The number of allylic oxidation sites excluding steroid dienone is 22. The topological polar surface area (TPSA) is 78.9 Å². The van der Waals surface area contributed by atoms with Crippen LogP contribution >= 0.6 is 0 Å². The molecule has 0 N–H and O–H groups in total. The molecule has 0 amide bonds. The van der Waals surface area contributed by atoms with Gasteiger partial charge in [0.15, 0.2) is 6.10 Å². The fraction of sp³-hybridized carbons (Fsp3) is 0.662. The summed E-state index contributed by atoms with van der Waals surface area (Å²) >= 11 is 0. The van der Waals surface area contributed by atoms with E-state index in [1.54, 1.807) is 0 Å². The van der Waals surface area contributed by atoms with Crippen molar-refractivity contribution < 1.29 is 28.6 Å². The third kappa shape index (κ3) is 64.4. The lowest BCUT2D eigenvalue weighted by Gasteiger charge is -2.18. The van der Waals surface area contributed by atoms with Gasteiger partial charge in [-0.15, -0.1) is 0 Å². The lowest BCUT2D eigenvalue weighted by Crippen LogP contribution is -2.30. The molecule has 6 nitrogen and oxygen atoms in total. The van der Waals surface area contributed by atoms with Crippen LogP contribution in [0.25, 0.3) is 0 Å². The monoisotopic (exact) mass is 1110 g/mol. The lowest BCUT2D eigenvalue weighted by atomic mass is 10.0. The van der Waals surface area contributed by atoms with Crippen LogP contribution in [0.1, 0.15) is 297 Å². The van der Waals surface area contributed by atoms with E-state index in [2.05, 4.69) is 154 Å². The van der Waals surface area contributed by atoms with Gasteiger partial charge in [0.25, 0.3) is 0 Å². The van der Waals surface area contributed by atoms with Crippen molar-refractivity contribution in [2.75, 3.05) is 13.2 Å². The fourth-order valence-corrected chi connectivity index (χ4v) is 8.94. The molecule has 1 unspecified atom stereocenters. The molecule has 454 valence electrons. The molecule has 0 aromatic rings. The maximum atomic E-state index is 12.9. The Morgan fingerprint density at radius 1 is 0.263 bits per heavy atom. The van der Waals surface area contributed by atoms with Gasteiger partial charge in [-0.2, -0.15) is 0 Å². The van der Waals surface area contributed by atoms with E-state index in [0.29, 0.717) is 25.7 Å². The van der Waals surface area contributed by atoms with Crippen molar-refractivity contribution >= 4 is 17.9 Å². The molecule has 0 saturated heterocycles. The molecule has 0 aliphatic rings. The number of hydrogen-bond acceptors (Lipinski definition) is 6. The van der Waals surface area contributed by atoms with Crippen LogP contribution in [0.4, 0.5) is 0 Å². The second-order valence-electron chi connectivity index (χ2n) is 21.6. The Labute approximate surface area is 494 Å². The first-order chi connectivity index (χ1) is 39.5. The Bertz CT molecular complexity index is 1700. The number of esters is 3. The summed E-state index contributed by atoms with van der Waals surface area (Å²) in [5, 5.41) is 0. The summed E-state index contributed by atoms with van der Waals surface area (Å²) in [6.07, 6.45) is 94.8. The predicted octanol–water partition coefficient (Wildman–Crippen LogP) is 22.9. The van der Waals surface area contributed by atoms with Gasteiger partial charge in [-0.25, -0.2) is 0 Å². The summed E-state index contributed by atoms with van der Waals surface area (Å²) in [6.45, 7) is 6.44. The van der Waals surface area contributed by atoms with Gasteiger partial charge in [-0.05, 0) is 116 Å². The molecule has 0 radical (unpaired) electrons. The first kappa shape index (κ1) is 75.5. The van der Waals surface area contributed by atoms with Crippen LogP contribution in [0.5, 0.6) is 0 Å². The van der Waals surface area contributed by atoms with Gasteiger partial charge in [-0.3, -0.25) is 14.4 Å². The van der Waals surface area contributed by atoms with Gasteiger partial charge in [0.05, 0.1) is 0 Å². The molecule has 0 aromatic carbocycles. The summed E-state index contributed by atoms with van der Waals surface area (Å²) < 4.78 is 16.8. The first-order valence-corrected chi connectivity index (χ1v) is 33.2. The number of carbonyl (C=O) groups is 3. The molecular formula is C74H122O6. The summed E-state index contributed by atoms with van der Waals surface area (Å²) in [4.78, 5) is 38.2. The van der Waals surface area contributed by atoms with E-state index >= 15 is 0 Å². The van der Waals surface area contributed by atoms with Gasteiger partial charge in [0.1, 0.15) is 13.2 Å². The third-order valence-electron chi connectivity index (χ3n) is 13.9. The molecule has 80 heavy (non-hydrogen) atoms. The summed E-state index contributed by atoms with van der Waals surface area (Å²) in [7, 11) is 0. The van der Waals surface area contributed by atoms with Crippen LogP contribution in [0.3, 0.4) is 0 Å². The highest BCUT2D eigenvalue weighted by atomic mass is 16.6. The molecule has 0 rings (SSSR count). The predicted molar refractivity (Wildman–Crippen MR) is 348 cm³/mol. The van der Waals surface area contributed by atoms with E-state index in [0.717, 1.165) is 135 Å². The van der Waals surface area contributed by atoms with E-state index in [9.17, 15) is 14.4 Å². The van der Waals surface area contributed by atoms with Gasteiger partial charge in [0.2, 0.25) is 0 Å². The maximum absolute atomic E-state index is 12.9. The highest BCUT2D eigenvalue weighted by molar-refractivity contribution is 5.71. The van der Waals surface area contributed by atoms with Crippen molar-refractivity contribution in [2.24, 2.45) is 0 Å². The Balaban J connectivity index is 4.32. The zero-order chi connectivity index (χ0) is 57.8. The third-order valence-corrected chi connectivity index (χ3v) is 13.9. The normalized spacial score (nSPS) is 13.0. The molecule has 0 aromatic heterocycles. The Morgan fingerprint density at radius 3 is 0.850 bits per heavy atom. The van der Waals surface area contributed by atoms with Crippen LogP contribution in [0, 0.1) is 0 Å². The van der Waals surface area contributed by atoms with Crippen LogP contribution < -0.4 is 0 Å². The highest BCUT2D eigenvalue weighted by Crippen LogP contribution is 2.16. The Kier molecular flexibility index (Phi) is 63.3. The van der Waals surface area contributed by atoms with Crippen LogP contribution in [-0.4, -0.2) is 37.2 Å². The summed E-state index contributed by atoms with van der Waals surface area (Å²) in [5.74, 6) is -0.947. The van der Waals surface area contributed by atoms with Crippen molar-refractivity contribution in [3.8, 4) is 0 Å². The lowest BCUT2D eigenvalue weighted by molar-refractivity contribution is -0.167. The second kappa shape index (κ2) is 67.1. The van der Waals surface area contributed by atoms with Crippen molar-refractivity contribution in [3.05, 3.63) is 134 Å². The molecule has 1 atom stereocenters. The van der Waals surface area contributed by atoms with E-state index in [4.69, 9.17) is 14.2 Å². The second-order valence-corrected chi connectivity index (χ2v) is 21.6. The van der Waals surface area contributed by atoms with Crippen LogP contribution in [0.15, 0.2) is 134 Å². The molecule has 0 saturated carbocycles. The Hall–Kier alpha value is -4.45. The van der Waals surface area contributed by atoms with Gasteiger partial charge >= 0.3 is 17.9 Å². The molecule has 0 bridgehead atoms. The van der Waals surface area contributed by atoms with E-state index < -0.39 is 6.10 Å². The molecule has 0 aliphatic carbocycles. The molecule has 0 heterocycles. The van der Waals surface area contributed by atoms with Gasteiger partial charge in [0, 0.05) is 19.3 Å². The van der Waals surface area contributed by atoms with Crippen molar-refractivity contribution in [1.29, 1.82) is 0 Å². The minimum Gasteiger partial charge on any atom is -0.462 e.